The van der Waals surface area contributed by atoms with E-state index in [1.165, 1.54) is 11.1 Å². The van der Waals surface area contributed by atoms with E-state index >= 15 is 0 Å². The van der Waals surface area contributed by atoms with Crippen LogP contribution in [0.3, 0.4) is 0 Å². The van der Waals surface area contributed by atoms with Crippen LogP contribution in [0.25, 0.3) is 0 Å². The molecule has 4 nitrogen and oxygen atoms in total. The summed E-state index contributed by atoms with van der Waals surface area (Å²) in [7, 11) is 0. The fourth-order valence-electron chi connectivity index (χ4n) is 3.62. The van der Waals surface area contributed by atoms with E-state index in [1.807, 2.05) is 0 Å². The van der Waals surface area contributed by atoms with Gasteiger partial charge in [-0.15, -0.1) is 0 Å². The average Bonchev–Trinajstić information content (AvgIpc) is 3.15. The van der Waals surface area contributed by atoms with Crippen LogP contribution in [-0.4, -0.2) is 23.2 Å². The predicted molar refractivity (Wildman–Crippen MR) is 80.3 cm³/mol. The molecular weight excluding hydrogens is 262 g/mol. The fraction of sp³-hybridized carbons (Fsp3) is 0.529. The Hall–Kier alpha value is -1.68. The molecule has 4 heteroatoms. The van der Waals surface area contributed by atoms with Crippen LogP contribution in [0, 0.1) is 5.92 Å². The van der Waals surface area contributed by atoms with Crippen molar-refractivity contribution in [3.05, 3.63) is 47.1 Å². The molecule has 1 fully saturated rings. The number of nitrogens with one attached hydrogen (secondary N) is 1. The summed E-state index contributed by atoms with van der Waals surface area (Å²) in [5.74, 6) is 3.08. The number of nitrogens with zero attached hydrogens (tertiary/aromatic N) is 2. The van der Waals surface area contributed by atoms with Gasteiger partial charge < -0.3 is 9.84 Å². The van der Waals surface area contributed by atoms with Crippen molar-refractivity contribution >= 4 is 0 Å². The molecule has 1 unspecified atom stereocenters. The van der Waals surface area contributed by atoms with Gasteiger partial charge in [-0.05, 0) is 42.9 Å². The summed E-state index contributed by atoms with van der Waals surface area (Å²) in [6, 6.07) is 8.71. The number of aryl methyl sites for hydroxylation is 1. The Morgan fingerprint density at radius 3 is 2.86 bits per heavy atom. The van der Waals surface area contributed by atoms with E-state index in [1.54, 1.807) is 0 Å². The van der Waals surface area contributed by atoms with Gasteiger partial charge in [0.05, 0.1) is 5.92 Å². The molecule has 0 amide bonds. The number of aromatic nitrogens is 2. The standard InChI is InChI=1S/C17H21N3O/c1-11-9-18-10-15(11)17-19-16(20-21-17)14-7-6-12-4-2-3-5-13(12)8-14/h2-5,11,14-15,18H,6-10H2,1H3/t11-,14?,15-/m1/s1. The minimum Gasteiger partial charge on any atom is -0.339 e. The zero-order valence-corrected chi connectivity index (χ0v) is 12.4. The zero-order valence-electron chi connectivity index (χ0n) is 12.4. The lowest BCUT2D eigenvalue weighted by molar-refractivity contribution is 0.333. The summed E-state index contributed by atoms with van der Waals surface area (Å²) in [5, 5.41) is 7.67. The van der Waals surface area contributed by atoms with Gasteiger partial charge in [-0.25, -0.2) is 0 Å². The maximum Gasteiger partial charge on any atom is 0.231 e. The summed E-state index contributed by atoms with van der Waals surface area (Å²) >= 11 is 0. The van der Waals surface area contributed by atoms with E-state index in [0.29, 0.717) is 17.8 Å². The van der Waals surface area contributed by atoms with Gasteiger partial charge >= 0.3 is 0 Å². The predicted octanol–water partition coefficient (Wildman–Crippen LogP) is 2.67. The van der Waals surface area contributed by atoms with Crippen LogP contribution in [0.4, 0.5) is 0 Å². The fourth-order valence-corrected chi connectivity index (χ4v) is 3.62. The molecule has 1 aromatic heterocycles. The van der Waals surface area contributed by atoms with Crippen molar-refractivity contribution in [3.63, 3.8) is 0 Å². The number of fused-ring (bicyclic) bond motifs is 1. The van der Waals surface area contributed by atoms with Gasteiger partial charge in [-0.2, -0.15) is 4.98 Å². The summed E-state index contributed by atoms with van der Waals surface area (Å²) in [5.41, 5.74) is 2.92. The maximum absolute atomic E-state index is 5.56. The van der Waals surface area contributed by atoms with Gasteiger partial charge in [0.1, 0.15) is 0 Å². The lowest BCUT2D eigenvalue weighted by atomic mass is 9.83. The molecule has 2 aromatic rings. The Morgan fingerprint density at radius 1 is 1.19 bits per heavy atom. The Labute approximate surface area is 124 Å². The number of benzene rings is 1. The second kappa shape index (κ2) is 5.26. The molecule has 0 saturated carbocycles. The van der Waals surface area contributed by atoms with Crippen LogP contribution in [0.5, 0.6) is 0 Å². The lowest BCUT2D eigenvalue weighted by Gasteiger charge is -2.21. The molecule has 2 heterocycles. The highest BCUT2D eigenvalue weighted by Gasteiger charge is 2.31. The topological polar surface area (TPSA) is 51.0 Å². The van der Waals surface area contributed by atoms with Crippen LogP contribution < -0.4 is 5.32 Å². The normalized spacial score (nSPS) is 28.5. The summed E-state index contributed by atoms with van der Waals surface area (Å²) in [6.45, 7) is 4.24. The van der Waals surface area contributed by atoms with Crippen molar-refractivity contribution in [3.8, 4) is 0 Å². The highest BCUT2D eigenvalue weighted by Crippen LogP contribution is 2.33. The van der Waals surface area contributed by atoms with E-state index < -0.39 is 0 Å². The maximum atomic E-state index is 5.56. The van der Waals surface area contributed by atoms with Gasteiger partial charge in [0.2, 0.25) is 5.89 Å². The first-order valence-electron chi connectivity index (χ1n) is 7.92. The van der Waals surface area contributed by atoms with Crippen LogP contribution in [0.1, 0.15) is 48.0 Å². The van der Waals surface area contributed by atoms with Gasteiger partial charge in [-0.3, -0.25) is 0 Å². The van der Waals surface area contributed by atoms with E-state index in [9.17, 15) is 0 Å². The zero-order chi connectivity index (χ0) is 14.2. The van der Waals surface area contributed by atoms with Gasteiger partial charge in [0, 0.05) is 12.5 Å². The Morgan fingerprint density at radius 2 is 2.05 bits per heavy atom. The largest absolute Gasteiger partial charge is 0.339 e. The van der Waals surface area contributed by atoms with Crippen molar-refractivity contribution < 1.29 is 4.52 Å². The van der Waals surface area contributed by atoms with Crippen LogP contribution in [0.15, 0.2) is 28.8 Å². The first-order valence-corrected chi connectivity index (χ1v) is 7.92. The van der Waals surface area contributed by atoms with E-state index in [0.717, 1.165) is 44.1 Å². The molecule has 2 aliphatic rings. The first kappa shape index (κ1) is 13.0. The minimum atomic E-state index is 0.377. The average molecular weight is 283 g/mol. The molecule has 21 heavy (non-hydrogen) atoms. The Bertz CT molecular complexity index is 636. The third-order valence-corrected chi connectivity index (χ3v) is 5.00. The van der Waals surface area contributed by atoms with Crippen molar-refractivity contribution in [2.45, 2.75) is 38.0 Å². The Kier molecular flexibility index (Phi) is 3.26. The lowest BCUT2D eigenvalue weighted by Crippen LogP contribution is -2.14. The van der Waals surface area contributed by atoms with Crippen molar-refractivity contribution in [1.29, 1.82) is 0 Å². The van der Waals surface area contributed by atoms with Gasteiger partial charge in [0.25, 0.3) is 0 Å². The molecule has 0 radical (unpaired) electrons. The molecule has 1 aliphatic carbocycles. The van der Waals surface area contributed by atoms with E-state index in [-0.39, 0.29) is 0 Å². The molecule has 0 bridgehead atoms. The number of hydrogen-bond donors (Lipinski definition) is 1. The van der Waals surface area contributed by atoms with E-state index in [2.05, 4.69) is 41.7 Å². The smallest absolute Gasteiger partial charge is 0.231 e. The van der Waals surface area contributed by atoms with Gasteiger partial charge in [0.15, 0.2) is 5.82 Å². The number of hydrogen-bond acceptors (Lipinski definition) is 4. The molecule has 3 atom stereocenters. The van der Waals surface area contributed by atoms with E-state index in [4.69, 9.17) is 9.51 Å². The monoisotopic (exact) mass is 283 g/mol. The second-order valence-electron chi connectivity index (χ2n) is 6.44. The van der Waals surface area contributed by atoms with Crippen LogP contribution in [-0.2, 0) is 12.8 Å². The van der Waals surface area contributed by atoms with Gasteiger partial charge in [-0.1, -0.05) is 36.3 Å². The highest BCUT2D eigenvalue weighted by molar-refractivity contribution is 5.31. The van der Waals surface area contributed by atoms with Crippen molar-refractivity contribution in [2.75, 3.05) is 13.1 Å². The number of rotatable bonds is 2. The second-order valence-corrected chi connectivity index (χ2v) is 6.44. The van der Waals surface area contributed by atoms with Crippen molar-refractivity contribution in [1.82, 2.24) is 15.5 Å². The molecular formula is C17H21N3O. The van der Waals surface area contributed by atoms with Crippen molar-refractivity contribution in [2.24, 2.45) is 5.92 Å². The summed E-state index contributed by atoms with van der Waals surface area (Å²) in [6.07, 6.45) is 3.27. The highest BCUT2D eigenvalue weighted by atomic mass is 16.5. The summed E-state index contributed by atoms with van der Waals surface area (Å²) in [4.78, 5) is 4.72. The molecule has 0 spiro atoms. The van der Waals surface area contributed by atoms with Crippen LogP contribution >= 0.6 is 0 Å². The molecule has 110 valence electrons. The molecule has 1 aromatic carbocycles. The third kappa shape index (κ3) is 2.38. The minimum absolute atomic E-state index is 0.377. The first-order chi connectivity index (χ1) is 10.3. The molecule has 1 saturated heterocycles. The molecule has 1 aliphatic heterocycles. The molecule has 1 N–H and O–H groups in total. The Balaban J connectivity index is 1.54. The third-order valence-electron chi connectivity index (χ3n) is 5.00. The SMILES string of the molecule is C[C@@H]1CNC[C@H]1c1nc(C2CCc3ccccc3C2)no1. The van der Waals surface area contributed by atoms with Crippen LogP contribution in [0.2, 0.25) is 0 Å². The summed E-state index contributed by atoms with van der Waals surface area (Å²) < 4.78 is 5.56. The quantitative estimate of drug-likeness (QED) is 0.920. The molecule has 4 rings (SSSR count).